The molecule has 1 aliphatic rings. The van der Waals surface area contributed by atoms with Gasteiger partial charge >= 0.3 is 0 Å². The molecule has 1 aliphatic carbocycles. The molecule has 0 aliphatic heterocycles. The SMILES string of the molecule is CC(=O)c1sc(NC2CC2)c(C#N)c1N. The van der Waals surface area contributed by atoms with Gasteiger partial charge in [-0.15, -0.1) is 11.3 Å². The van der Waals surface area contributed by atoms with Crippen molar-refractivity contribution >= 4 is 27.8 Å². The lowest BCUT2D eigenvalue weighted by Crippen LogP contribution is -2.00. The van der Waals surface area contributed by atoms with Gasteiger partial charge in [0.25, 0.3) is 0 Å². The van der Waals surface area contributed by atoms with Crippen LogP contribution in [0.5, 0.6) is 0 Å². The third-order valence-electron chi connectivity index (χ3n) is 2.29. The van der Waals surface area contributed by atoms with Gasteiger partial charge in [0.15, 0.2) is 5.78 Å². The van der Waals surface area contributed by atoms with E-state index in [1.807, 2.05) is 6.07 Å². The molecule has 5 heteroatoms. The summed E-state index contributed by atoms with van der Waals surface area (Å²) in [6.07, 6.45) is 2.25. The zero-order chi connectivity index (χ0) is 11.0. The molecule has 3 N–H and O–H groups in total. The van der Waals surface area contributed by atoms with E-state index in [-0.39, 0.29) is 5.78 Å². The zero-order valence-corrected chi connectivity index (χ0v) is 9.15. The number of carbonyl (C=O) groups excluding carboxylic acids is 1. The first kappa shape index (κ1) is 9.99. The molecule has 0 aromatic carbocycles. The number of hydrogen-bond donors (Lipinski definition) is 2. The van der Waals surface area contributed by atoms with Crippen molar-refractivity contribution in [3.63, 3.8) is 0 Å². The molecule has 1 fully saturated rings. The maximum absolute atomic E-state index is 11.2. The second-order valence-electron chi connectivity index (χ2n) is 3.64. The second-order valence-corrected chi connectivity index (χ2v) is 4.66. The molecule has 1 aromatic rings. The molecule has 15 heavy (non-hydrogen) atoms. The van der Waals surface area contributed by atoms with Gasteiger partial charge in [0.2, 0.25) is 0 Å². The van der Waals surface area contributed by atoms with E-state index < -0.39 is 0 Å². The Bertz CT molecular complexity index is 454. The Morgan fingerprint density at radius 3 is 2.80 bits per heavy atom. The Morgan fingerprint density at radius 2 is 2.33 bits per heavy atom. The number of nitriles is 1. The maximum Gasteiger partial charge on any atom is 0.171 e. The molecule has 78 valence electrons. The first-order valence-electron chi connectivity index (χ1n) is 4.73. The highest BCUT2D eigenvalue weighted by Crippen LogP contribution is 2.38. The monoisotopic (exact) mass is 221 g/mol. The molecule has 1 heterocycles. The molecule has 1 aromatic heterocycles. The van der Waals surface area contributed by atoms with Crippen molar-refractivity contribution in [1.82, 2.24) is 0 Å². The number of nitrogens with one attached hydrogen (secondary N) is 1. The summed E-state index contributed by atoms with van der Waals surface area (Å²) < 4.78 is 0. The summed E-state index contributed by atoms with van der Waals surface area (Å²) in [5, 5.41) is 12.9. The van der Waals surface area contributed by atoms with E-state index in [2.05, 4.69) is 5.32 Å². The lowest BCUT2D eigenvalue weighted by molar-refractivity contribution is 0.102. The molecule has 4 nitrogen and oxygen atoms in total. The molecule has 0 amide bonds. The highest BCUT2D eigenvalue weighted by atomic mass is 32.1. The van der Waals surface area contributed by atoms with Crippen molar-refractivity contribution in [2.75, 3.05) is 11.1 Å². The van der Waals surface area contributed by atoms with Gasteiger partial charge in [0.1, 0.15) is 16.6 Å². The fourth-order valence-corrected chi connectivity index (χ4v) is 2.37. The van der Waals surface area contributed by atoms with Crippen LogP contribution in [0.3, 0.4) is 0 Å². The van der Waals surface area contributed by atoms with Crippen molar-refractivity contribution in [3.05, 3.63) is 10.4 Å². The van der Waals surface area contributed by atoms with Crippen LogP contribution in [0.25, 0.3) is 0 Å². The van der Waals surface area contributed by atoms with Gasteiger partial charge in [0.05, 0.1) is 10.6 Å². The van der Waals surface area contributed by atoms with Gasteiger partial charge in [-0.1, -0.05) is 0 Å². The average Bonchev–Trinajstić information content (AvgIpc) is 2.91. The molecule has 0 bridgehead atoms. The molecule has 0 unspecified atom stereocenters. The van der Waals surface area contributed by atoms with Gasteiger partial charge in [-0.2, -0.15) is 5.26 Å². The van der Waals surface area contributed by atoms with Crippen molar-refractivity contribution in [3.8, 4) is 6.07 Å². The summed E-state index contributed by atoms with van der Waals surface area (Å²) in [5.41, 5.74) is 6.47. The number of nitrogens with two attached hydrogens (primary N) is 1. The Balaban J connectivity index is 2.40. The van der Waals surface area contributed by atoms with E-state index in [9.17, 15) is 4.79 Å². The Kier molecular flexibility index (Phi) is 2.37. The summed E-state index contributed by atoms with van der Waals surface area (Å²) in [6, 6.07) is 2.50. The number of Topliss-reactive ketones (excluding diaryl/α,β-unsaturated/α-hetero) is 1. The van der Waals surface area contributed by atoms with Crippen molar-refractivity contribution in [2.24, 2.45) is 0 Å². The lowest BCUT2D eigenvalue weighted by atomic mass is 10.2. The minimum absolute atomic E-state index is 0.0853. The van der Waals surface area contributed by atoms with Crippen LogP contribution in [0, 0.1) is 11.3 Å². The second kappa shape index (κ2) is 3.55. The van der Waals surface area contributed by atoms with Crippen molar-refractivity contribution in [1.29, 1.82) is 5.26 Å². The van der Waals surface area contributed by atoms with E-state index in [0.29, 0.717) is 22.2 Å². The van der Waals surface area contributed by atoms with Crippen LogP contribution in [-0.4, -0.2) is 11.8 Å². The lowest BCUT2D eigenvalue weighted by Gasteiger charge is -1.99. The summed E-state index contributed by atoms with van der Waals surface area (Å²) in [6.45, 7) is 1.46. The van der Waals surface area contributed by atoms with Crippen molar-refractivity contribution < 1.29 is 4.79 Å². The van der Waals surface area contributed by atoms with Crippen LogP contribution in [0.15, 0.2) is 0 Å². The van der Waals surface area contributed by atoms with Gasteiger partial charge in [-0.3, -0.25) is 4.79 Å². The predicted molar refractivity (Wildman–Crippen MR) is 60.1 cm³/mol. The fraction of sp³-hybridized carbons (Fsp3) is 0.400. The summed E-state index contributed by atoms with van der Waals surface area (Å²) in [5.74, 6) is -0.0853. The largest absolute Gasteiger partial charge is 0.396 e. The van der Waals surface area contributed by atoms with E-state index in [1.165, 1.54) is 18.3 Å². The van der Waals surface area contributed by atoms with E-state index in [4.69, 9.17) is 11.0 Å². The van der Waals surface area contributed by atoms with Gasteiger partial charge in [-0.05, 0) is 12.8 Å². The maximum atomic E-state index is 11.2. The fourth-order valence-electron chi connectivity index (χ4n) is 1.33. The normalized spacial score (nSPS) is 14.7. The zero-order valence-electron chi connectivity index (χ0n) is 8.33. The number of ketones is 1. The Morgan fingerprint density at radius 1 is 1.67 bits per heavy atom. The Labute approximate surface area is 91.7 Å². The number of hydrogen-bond acceptors (Lipinski definition) is 5. The van der Waals surface area contributed by atoms with Gasteiger partial charge in [-0.25, -0.2) is 0 Å². The van der Waals surface area contributed by atoms with Gasteiger partial charge in [0, 0.05) is 13.0 Å². The number of rotatable bonds is 3. The highest BCUT2D eigenvalue weighted by molar-refractivity contribution is 7.19. The summed E-state index contributed by atoms with van der Waals surface area (Å²) in [7, 11) is 0. The minimum atomic E-state index is -0.0853. The topological polar surface area (TPSA) is 78.9 Å². The first-order chi connectivity index (χ1) is 7.13. The summed E-state index contributed by atoms with van der Waals surface area (Å²) in [4.78, 5) is 11.7. The number of carbonyl (C=O) groups is 1. The van der Waals surface area contributed by atoms with Crippen LogP contribution < -0.4 is 11.1 Å². The Hall–Kier alpha value is -1.54. The van der Waals surface area contributed by atoms with Crippen LogP contribution >= 0.6 is 11.3 Å². The molecule has 0 saturated heterocycles. The van der Waals surface area contributed by atoms with Crippen LogP contribution in [0.4, 0.5) is 10.7 Å². The number of thiophene rings is 1. The smallest absolute Gasteiger partial charge is 0.171 e. The van der Waals surface area contributed by atoms with Gasteiger partial charge < -0.3 is 11.1 Å². The third-order valence-corrected chi connectivity index (χ3v) is 3.53. The minimum Gasteiger partial charge on any atom is -0.396 e. The summed E-state index contributed by atoms with van der Waals surface area (Å²) >= 11 is 1.28. The van der Waals surface area contributed by atoms with E-state index in [1.54, 1.807) is 0 Å². The molecule has 0 atom stereocenters. The molecule has 1 saturated carbocycles. The average molecular weight is 221 g/mol. The molecule has 0 radical (unpaired) electrons. The standard InChI is InChI=1S/C10H11N3OS/c1-5(14)9-8(12)7(4-11)10(15-9)13-6-2-3-6/h6,13H,2-3,12H2,1H3. The predicted octanol–water partition coefficient (Wildman–Crippen LogP) is 1.98. The highest BCUT2D eigenvalue weighted by Gasteiger charge is 2.25. The number of anilines is 2. The first-order valence-corrected chi connectivity index (χ1v) is 5.55. The molecule has 0 spiro atoms. The van der Waals surface area contributed by atoms with E-state index in [0.717, 1.165) is 17.8 Å². The molecular weight excluding hydrogens is 210 g/mol. The number of nitrogen functional groups attached to an aromatic ring is 1. The quantitative estimate of drug-likeness (QED) is 0.765. The van der Waals surface area contributed by atoms with Crippen LogP contribution in [-0.2, 0) is 0 Å². The third kappa shape index (κ3) is 1.81. The number of nitrogens with zero attached hydrogens (tertiary/aromatic N) is 1. The van der Waals surface area contributed by atoms with Crippen LogP contribution in [0.1, 0.15) is 35.0 Å². The van der Waals surface area contributed by atoms with Crippen LogP contribution in [0.2, 0.25) is 0 Å². The molecule has 2 rings (SSSR count). The van der Waals surface area contributed by atoms with E-state index >= 15 is 0 Å². The molecular formula is C10H11N3OS. The van der Waals surface area contributed by atoms with Crippen molar-refractivity contribution in [2.45, 2.75) is 25.8 Å².